The van der Waals surface area contributed by atoms with Gasteiger partial charge in [-0.3, -0.25) is 4.79 Å². The molecule has 1 aromatic heterocycles. The van der Waals surface area contributed by atoms with Gasteiger partial charge in [-0.15, -0.1) is 11.3 Å². The minimum absolute atomic E-state index is 0.0427. The van der Waals surface area contributed by atoms with Crippen molar-refractivity contribution in [2.45, 2.75) is 53.2 Å². The first-order valence-corrected chi connectivity index (χ1v) is 13.4. The number of amides is 3. The smallest absolute Gasteiger partial charge is 0.338 e. The predicted octanol–water partition coefficient (Wildman–Crippen LogP) is 6.09. The van der Waals surface area contributed by atoms with Crippen LogP contribution in [0.3, 0.4) is 0 Å². The molecule has 3 aromatic rings. The number of benzene rings is 2. The van der Waals surface area contributed by atoms with E-state index in [0.717, 1.165) is 16.0 Å². The molecule has 0 aliphatic carbocycles. The van der Waals surface area contributed by atoms with E-state index in [1.165, 1.54) is 0 Å². The van der Waals surface area contributed by atoms with Gasteiger partial charge in [0, 0.05) is 23.2 Å². The topological polar surface area (TPSA) is 79.0 Å². The number of anilines is 1. The van der Waals surface area contributed by atoms with Crippen LogP contribution in [-0.2, 0) is 22.6 Å². The van der Waals surface area contributed by atoms with E-state index < -0.39 is 5.97 Å². The molecule has 1 unspecified atom stereocenters. The fourth-order valence-corrected chi connectivity index (χ4v) is 4.69. The van der Waals surface area contributed by atoms with Crippen molar-refractivity contribution in [1.82, 2.24) is 9.80 Å². The number of nitrogens with zero attached hydrogens (tertiary/aromatic N) is 2. The summed E-state index contributed by atoms with van der Waals surface area (Å²) in [4.78, 5) is 43.3. The predicted molar refractivity (Wildman–Crippen MR) is 148 cm³/mol. The van der Waals surface area contributed by atoms with E-state index in [2.05, 4.69) is 11.4 Å². The second-order valence-corrected chi connectivity index (χ2v) is 9.88. The van der Waals surface area contributed by atoms with E-state index in [1.807, 2.05) is 61.4 Å². The Morgan fingerprint density at radius 1 is 0.973 bits per heavy atom. The van der Waals surface area contributed by atoms with Crippen LogP contribution in [0.4, 0.5) is 10.5 Å². The maximum Gasteiger partial charge on any atom is 0.338 e. The molecule has 0 aliphatic rings. The molecule has 2 aromatic carbocycles. The summed E-state index contributed by atoms with van der Waals surface area (Å²) in [6.45, 7) is 8.91. The van der Waals surface area contributed by atoms with Crippen LogP contribution in [0.1, 0.15) is 53.6 Å². The number of nitrogens with one attached hydrogen (secondary N) is 1. The zero-order chi connectivity index (χ0) is 26.8. The van der Waals surface area contributed by atoms with Crippen molar-refractivity contribution in [3.05, 3.63) is 87.6 Å². The molecule has 1 atom stereocenters. The van der Waals surface area contributed by atoms with Crippen molar-refractivity contribution in [1.29, 1.82) is 0 Å². The van der Waals surface area contributed by atoms with Crippen molar-refractivity contribution in [3.8, 4) is 0 Å². The number of esters is 1. The Labute approximate surface area is 223 Å². The van der Waals surface area contributed by atoms with Gasteiger partial charge in [0.2, 0.25) is 5.91 Å². The van der Waals surface area contributed by atoms with Crippen LogP contribution in [0.25, 0.3) is 0 Å². The highest BCUT2D eigenvalue weighted by molar-refractivity contribution is 7.10. The highest BCUT2D eigenvalue weighted by Crippen LogP contribution is 2.20. The van der Waals surface area contributed by atoms with E-state index in [0.29, 0.717) is 37.4 Å². The van der Waals surface area contributed by atoms with Gasteiger partial charge in [-0.2, -0.15) is 0 Å². The fraction of sp³-hybridized carbons (Fsp3) is 0.345. The first-order valence-electron chi connectivity index (χ1n) is 12.5. The first-order chi connectivity index (χ1) is 17.8. The van der Waals surface area contributed by atoms with Gasteiger partial charge >= 0.3 is 12.0 Å². The molecule has 0 aliphatic heterocycles. The average Bonchev–Trinajstić information content (AvgIpc) is 3.31. The third kappa shape index (κ3) is 7.92. The van der Waals surface area contributed by atoms with E-state index in [1.54, 1.807) is 47.4 Å². The van der Waals surface area contributed by atoms with Gasteiger partial charge in [0.15, 0.2) is 0 Å². The zero-order valence-corrected chi connectivity index (χ0v) is 22.7. The Bertz CT molecular complexity index is 1180. The Morgan fingerprint density at radius 2 is 1.68 bits per heavy atom. The number of carbonyl (C=O) groups excluding carboxylic acids is 3. The second kappa shape index (κ2) is 13.6. The van der Waals surface area contributed by atoms with E-state index in [4.69, 9.17) is 4.74 Å². The summed E-state index contributed by atoms with van der Waals surface area (Å²) in [6.07, 6.45) is 0.700. The number of urea groups is 1. The first kappa shape index (κ1) is 27.9. The molecule has 0 saturated heterocycles. The molecule has 3 amide bonds. The van der Waals surface area contributed by atoms with Gasteiger partial charge in [-0.25, -0.2) is 9.59 Å². The van der Waals surface area contributed by atoms with E-state index in [9.17, 15) is 14.4 Å². The minimum atomic E-state index is -0.410. The number of hydrogen-bond acceptors (Lipinski definition) is 5. The summed E-state index contributed by atoms with van der Waals surface area (Å²) < 4.78 is 5.01. The SMILES string of the molecule is CCOC(=O)c1ccc(NC(=O)N(CC(=O)N(Cc2ccccc2)Cc2sccc2C)C(C)CC)cc1. The quantitative estimate of drug-likeness (QED) is 0.310. The molecule has 0 fully saturated rings. The second-order valence-electron chi connectivity index (χ2n) is 8.88. The molecule has 3 rings (SSSR count). The van der Waals surface area contributed by atoms with Crippen LogP contribution in [0.15, 0.2) is 66.0 Å². The number of hydrogen-bond donors (Lipinski definition) is 1. The summed E-state index contributed by atoms with van der Waals surface area (Å²) in [6, 6.07) is 17.9. The number of rotatable bonds is 11. The lowest BCUT2D eigenvalue weighted by molar-refractivity contribution is -0.133. The molecule has 7 nitrogen and oxygen atoms in total. The zero-order valence-electron chi connectivity index (χ0n) is 21.9. The molecular weight excluding hydrogens is 486 g/mol. The van der Waals surface area contributed by atoms with Gasteiger partial charge < -0.3 is 19.9 Å². The summed E-state index contributed by atoms with van der Waals surface area (Å²) >= 11 is 1.63. The average molecular weight is 522 g/mol. The summed E-state index contributed by atoms with van der Waals surface area (Å²) in [5, 5.41) is 4.90. The Balaban J connectivity index is 1.75. The van der Waals surface area contributed by atoms with Crippen LogP contribution in [0, 0.1) is 6.92 Å². The van der Waals surface area contributed by atoms with E-state index in [-0.39, 0.29) is 24.5 Å². The van der Waals surface area contributed by atoms with Crippen molar-refractivity contribution in [3.63, 3.8) is 0 Å². The molecule has 1 N–H and O–H groups in total. The van der Waals surface area contributed by atoms with Crippen LogP contribution < -0.4 is 5.32 Å². The summed E-state index contributed by atoms with van der Waals surface area (Å²) in [7, 11) is 0. The summed E-state index contributed by atoms with van der Waals surface area (Å²) in [5.41, 5.74) is 3.13. The Kier molecular flexibility index (Phi) is 10.3. The highest BCUT2D eigenvalue weighted by atomic mass is 32.1. The maximum atomic E-state index is 13.6. The monoisotopic (exact) mass is 521 g/mol. The third-order valence-corrected chi connectivity index (χ3v) is 7.22. The lowest BCUT2D eigenvalue weighted by atomic mass is 10.2. The molecule has 0 bridgehead atoms. The molecule has 0 radical (unpaired) electrons. The van der Waals surface area contributed by atoms with Crippen molar-refractivity contribution < 1.29 is 19.1 Å². The summed E-state index contributed by atoms with van der Waals surface area (Å²) in [5.74, 6) is -0.531. The van der Waals surface area contributed by atoms with Gasteiger partial charge in [0.1, 0.15) is 6.54 Å². The van der Waals surface area contributed by atoms with Gasteiger partial charge in [-0.05, 0) is 74.0 Å². The number of carbonyl (C=O) groups is 3. The highest BCUT2D eigenvalue weighted by Gasteiger charge is 2.26. The molecule has 0 spiro atoms. The standard InChI is InChI=1S/C29H35N3O4S/c1-5-22(4)32(29(35)30-25-14-12-24(13-15-25)28(34)36-6-2)20-27(33)31(18-23-10-8-7-9-11-23)19-26-21(3)16-17-37-26/h7-17,22H,5-6,18-20H2,1-4H3,(H,30,35). The third-order valence-electron chi connectivity index (χ3n) is 6.21. The molecule has 1 heterocycles. The Morgan fingerprint density at radius 3 is 2.27 bits per heavy atom. The van der Waals surface area contributed by atoms with Crippen molar-refractivity contribution in [2.75, 3.05) is 18.5 Å². The van der Waals surface area contributed by atoms with Crippen LogP contribution >= 0.6 is 11.3 Å². The fourth-order valence-electron chi connectivity index (χ4n) is 3.77. The maximum absolute atomic E-state index is 13.6. The lowest BCUT2D eigenvalue weighted by Crippen LogP contribution is -2.47. The van der Waals surface area contributed by atoms with Crippen molar-refractivity contribution in [2.24, 2.45) is 0 Å². The van der Waals surface area contributed by atoms with Crippen LogP contribution in [0.5, 0.6) is 0 Å². The van der Waals surface area contributed by atoms with Crippen LogP contribution in [0.2, 0.25) is 0 Å². The Hall–Kier alpha value is -3.65. The largest absolute Gasteiger partial charge is 0.462 e. The molecule has 37 heavy (non-hydrogen) atoms. The molecule has 0 saturated carbocycles. The normalized spacial score (nSPS) is 11.5. The molecule has 8 heteroatoms. The van der Waals surface area contributed by atoms with Gasteiger partial charge in [0.05, 0.1) is 18.7 Å². The van der Waals surface area contributed by atoms with Crippen molar-refractivity contribution >= 4 is 34.9 Å². The minimum Gasteiger partial charge on any atom is -0.462 e. The number of thiophene rings is 1. The lowest BCUT2D eigenvalue weighted by Gasteiger charge is -2.31. The van der Waals surface area contributed by atoms with E-state index >= 15 is 0 Å². The van der Waals surface area contributed by atoms with Gasteiger partial charge in [0.25, 0.3) is 0 Å². The number of ether oxygens (including phenoxy) is 1. The van der Waals surface area contributed by atoms with Gasteiger partial charge in [-0.1, -0.05) is 37.3 Å². The molecule has 196 valence electrons. The number of aryl methyl sites for hydroxylation is 1. The van der Waals surface area contributed by atoms with Crippen LogP contribution in [-0.4, -0.2) is 46.9 Å². The molecular formula is C29H35N3O4S.